The lowest BCUT2D eigenvalue weighted by Crippen LogP contribution is -2.57. The van der Waals surface area contributed by atoms with Crippen LogP contribution in [0.5, 0.6) is 0 Å². The number of aromatic amines is 1. The van der Waals surface area contributed by atoms with Crippen molar-refractivity contribution in [3.63, 3.8) is 0 Å². The number of amides is 3. The van der Waals surface area contributed by atoms with E-state index in [2.05, 4.69) is 20.9 Å². The van der Waals surface area contributed by atoms with Gasteiger partial charge in [-0.25, -0.2) is 0 Å². The number of carbonyl (C=O) groups excluding carboxylic acids is 3. The number of carbonyl (C=O) groups is 4. The minimum atomic E-state index is -1.34. The number of rotatable bonds is 14. The first-order valence-electron chi connectivity index (χ1n) is 11.0. The van der Waals surface area contributed by atoms with Crippen LogP contribution in [0.1, 0.15) is 24.8 Å². The van der Waals surface area contributed by atoms with E-state index in [0.29, 0.717) is 25.8 Å². The number of hydrogen-bond acceptors (Lipinski definition) is 7. The molecule has 12 nitrogen and oxygen atoms in total. The number of aromatic nitrogens is 1. The molecule has 2 rings (SSSR count). The molecule has 0 spiro atoms. The number of hydrogen-bond donors (Lipinski definition) is 8. The van der Waals surface area contributed by atoms with Crippen LogP contribution < -0.4 is 27.4 Å². The van der Waals surface area contributed by atoms with E-state index in [1.54, 1.807) is 6.20 Å². The number of aliphatic hydroxyl groups excluding tert-OH is 1. The number of nitrogens with two attached hydrogens (primary N) is 2. The van der Waals surface area contributed by atoms with Crippen LogP contribution in [0.25, 0.3) is 10.9 Å². The van der Waals surface area contributed by atoms with Crippen molar-refractivity contribution in [1.29, 1.82) is 0 Å². The Bertz CT molecular complexity index is 993. The molecule has 10 N–H and O–H groups in total. The highest BCUT2D eigenvalue weighted by molar-refractivity contribution is 5.94. The summed E-state index contributed by atoms with van der Waals surface area (Å²) in [5.74, 6) is -3.38. The van der Waals surface area contributed by atoms with Crippen LogP contribution in [0.3, 0.4) is 0 Å². The molecular formula is C22H32N6O6. The molecule has 0 bridgehead atoms. The van der Waals surface area contributed by atoms with Gasteiger partial charge in [-0.2, -0.15) is 0 Å². The molecule has 12 heteroatoms. The largest absolute Gasteiger partial charge is 0.480 e. The fourth-order valence-corrected chi connectivity index (χ4v) is 3.40. The summed E-state index contributed by atoms with van der Waals surface area (Å²) in [5.41, 5.74) is 12.8. The second kappa shape index (κ2) is 13.3. The van der Waals surface area contributed by atoms with Crippen molar-refractivity contribution in [1.82, 2.24) is 20.9 Å². The molecular weight excluding hydrogens is 444 g/mol. The number of carboxylic acid groups (broad SMARTS) is 1. The molecule has 3 atom stereocenters. The summed E-state index contributed by atoms with van der Waals surface area (Å²) in [6, 6.07) is 3.99. The summed E-state index contributed by atoms with van der Waals surface area (Å²) in [4.78, 5) is 51.7. The summed E-state index contributed by atoms with van der Waals surface area (Å²) in [5, 5.41) is 26.5. The Balaban J connectivity index is 2.11. The van der Waals surface area contributed by atoms with Crippen molar-refractivity contribution in [3.05, 3.63) is 36.0 Å². The quantitative estimate of drug-likeness (QED) is 0.147. The van der Waals surface area contributed by atoms with E-state index in [9.17, 15) is 24.3 Å². The Kier molecular flexibility index (Phi) is 10.5. The third-order valence-corrected chi connectivity index (χ3v) is 5.27. The Hall–Kier alpha value is -3.48. The molecule has 1 aromatic heterocycles. The van der Waals surface area contributed by atoms with Crippen LogP contribution in [0.2, 0.25) is 0 Å². The Labute approximate surface area is 196 Å². The molecule has 0 saturated carbocycles. The van der Waals surface area contributed by atoms with Crippen molar-refractivity contribution in [3.8, 4) is 0 Å². The summed E-state index contributed by atoms with van der Waals surface area (Å²) >= 11 is 0. The number of aliphatic carboxylic acids is 1. The lowest BCUT2D eigenvalue weighted by atomic mass is 10.0. The SMILES string of the molecule is NCCCCC(N)C(=O)NC(CO)C(=O)NC(Cc1c[nH]c2ccccc12)C(=O)NCC(=O)O. The standard InChI is InChI=1S/C22H32N6O6/c23-8-4-3-6-15(24)20(32)28-18(12-29)22(34)27-17(21(33)26-11-19(30)31)9-13-10-25-16-7-2-1-5-14(13)16/h1-2,5,7,10,15,17-18,25,29H,3-4,6,8-9,11-12,23-24H2,(H,26,33)(H,27,34)(H,28,32)(H,30,31). The molecule has 0 aliphatic rings. The molecule has 0 saturated heterocycles. The van der Waals surface area contributed by atoms with Crippen LogP contribution in [-0.4, -0.2) is 76.7 Å². The number of benzene rings is 1. The number of aliphatic hydroxyl groups is 1. The van der Waals surface area contributed by atoms with Crippen LogP contribution in [0.15, 0.2) is 30.5 Å². The van der Waals surface area contributed by atoms with Gasteiger partial charge in [0, 0.05) is 23.5 Å². The van der Waals surface area contributed by atoms with Crippen LogP contribution >= 0.6 is 0 Å². The van der Waals surface area contributed by atoms with Gasteiger partial charge in [0.25, 0.3) is 0 Å². The van der Waals surface area contributed by atoms with Gasteiger partial charge in [0.05, 0.1) is 12.6 Å². The molecule has 1 aromatic carbocycles. The van der Waals surface area contributed by atoms with Gasteiger partial charge in [0.15, 0.2) is 0 Å². The van der Waals surface area contributed by atoms with Gasteiger partial charge in [-0.3, -0.25) is 19.2 Å². The lowest BCUT2D eigenvalue weighted by Gasteiger charge is -2.23. The molecule has 0 radical (unpaired) electrons. The Morgan fingerprint density at radius 3 is 2.38 bits per heavy atom. The molecule has 0 fully saturated rings. The first kappa shape index (κ1) is 26.8. The van der Waals surface area contributed by atoms with Crippen LogP contribution in [0, 0.1) is 0 Å². The topological polar surface area (TPSA) is 213 Å². The molecule has 1 heterocycles. The van der Waals surface area contributed by atoms with Gasteiger partial charge in [-0.15, -0.1) is 0 Å². The van der Waals surface area contributed by atoms with Gasteiger partial charge in [-0.1, -0.05) is 24.6 Å². The first-order valence-corrected chi connectivity index (χ1v) is 11.0. The predicted octanol–water partition coefficient (Wildman–Crippen LogP) is -1.67. The number of para-hydroxylation sites is 1. The average molecular weight is 477 g/mol. The van der Waals surface area contributed by atoms with Crippen molar-refractivity contribution < 1.29 is 29.4 Å². The van der Waals surface area contributed by atoms with Gasteiger partial charge in [0.2, 0.25) is 17.7 Å². The van der Waals surface area contributed by atoms with E-state index < -0.39 is 55.0 Å². The maximum atomic E-state index is 12.8. The van der Waals surface area contributed by atoms with Gasteiger partial charge < -0.3 is 42.6 Å². The van der Waals surface area contributed by atoms with Gasteiger partial charge in [0.1, 0.15) is 18.6 Å². The van der Waals surface area contributed by atoms with E-state index in [1.807, 2.05) is 24.3 Å². The second-order valence-electron chi connectivity index (χ2n) is 7.87. The molecule has 3 amide bonds. The number of fused-ring (bicyclic) bond motifs is 1. The summed E-state index contributed by atoms with van der Waals surface area (Å²) in [6.07, 6.45) is 3.44. The van der Waals surface area contributed by atoms with E-state index >= 15 is 0 Å². The average Bonchev–Trinajstić information content (AvgIpc) is 3.23. The maximum Gasteiger partial charge on any atom is 0.322 e. The normalized spacial score (nSPS) is 13.6. The fraction of sp³-hybridized carbons (Fsp3) is 0.455. The zero-order chi connectivity index (χ0) is 25.1. The molecule has 0 aliphatic heterocycles. The molecule has 3 unspecified atom stereocenters. The minimum Gasteiger partial charge on any atom is -0.480 e. The second-order valence-corrected chi connectivity index (χ2v) is 7.87. The monoisotopic (exact) mass is 476 g/mol. The minimum absolute atomic E-state index is 0.0475. The van der Waals surface area contributed by atoms with E-state index in [-0.39, 0.29) is 6.42 Å². The van der Waals surface area contributed by atoms with Crippen molar-refractivity contribution in [2.45, 2.75) is 43.8 Å². The van der Waals surface area contributed by atoms with Gasteiger partial charge in [-0.05, 0) is 31.0 Å². The summed E-state index contributed by atoms with van der Waals surface area (Å²) in [6.45, 7) is -0.877. The molecule has 34 heavy (non-hydrogen) atoms. The van der Waals surface area contributed by atoms with Crippen molar-refractivity contribution >= 4 is 34.6 Å². The Morgan fingerprint density at radius 2 is 1.71 bits per heavy atom. The highest BCUT2D eigenvalue weighted by Crippen LogP contribution is 2.19. The maximum absolute atomic E-state index is 12.8. The fourth-order valence-electron chi connectivity index (χ4n) is 3.40. The highest BCUT2D eigenvalue weighted by Gasteiger charge is 2.28. The zero-order valence-electron chi connectivity index (χ0n) is 18.8. The van der Waals surface area contributed by atoms with Crippen LogP contribution in [-0.2, 0) is 25.6 Å². The van der Waals surface area contributed by atoms with Gasteiger partial charge >= 0.3 is 5.97 Å². The third-order valence-electron chi connectivity index (χ3n) is 5.27. The number of H-pyrrole nitrogens is 1. The number of carboxylic acids is 1. The van der Waals surface area contributed by atoms with E-state index in [0.717, 1.165) is 16.5 Å². The predicted molar refractivity (Wildman–Crippen MR) is 124 cm³/mol. The highest BCUT2D eigenvalue weighted by atomic mass is 16.4. The van der Waals surface area contributed by atoms with E-state index in [1.165, 1.54) is 0 Å². The number of nitrogens with one attached hydrogen (secondary N) is 4. The van der Waals surface area contributed by atoms with Crippen LogP contribution in [0.4, 0.5) is 0 Å². The first-order chi connectivity index (χ1) is 16.3. The van der Waals surface area contributed by atoms with Crippen molar-refractivity contribution in [2.24, 2.45) is 11.5 Å². The summed E-state index contributed by atoms with van der Waals surface area (Å²) in [7, 11) is 0. The molecule has 0 aliphatic carbocycles. The van der Waals surface area contributed by atoms with E-state index in [4.69, 9.17) is 16.6 Å². The summed E-state index contributed by atoms with van der Waals surface area (Å²) < 4.78 is 0. The molecule has 2 aromatic rings. The lowest BCUT2D eigenvalue weighted by molar-refractivity contribution is -0.138. The smallest absolute Gasteiger partial charge is 0.322 e. The number of unbranched alkanes of at least 4 members (excludes halogenated alkanes) is 1. The van der Waals surface area contributed by atoms with Crippen molar-refractivity contribution in [2.75, 3.05) is 19.7 Å². The Morgan fingerprint density at radius 1 is 1.00 bits per heavy atom. The molecule has 186 valence electrons. The zero-order valence-corrected chi connectivity index (χ0v) is 18.8. The third kappa shape index (κ3) is 7.83.